The van der Waals surface area contributed by atoms with Gasteiger partial charge in [-0.1, -0.05) is 106 Å². The number of hydrogen-bond donors (Lipinski definition) is 0. The second-order valence-corrected chi connectivity index (χ2v) is 22.5. The molecule has 0 unspecified atom stereocenters. The van der Waals surface area contributed by atoms with Crippen LogP contribution in [0.2, 0.25) is 0 Å². The summed E-state index contributed by atoms with van der Waals surface area (Å²) >= 11 is 0. The van der Waals surface area contributed by atoms with Crippen LogP contribution in [0.4, 0.5) is 0 Å². The first kappa shape index (κ1) is 37.7. The highest BCUT2D eigenvalue weighted by Gasteiger charge is 2.51. The van der Waals surface area contributed by atoms with Gasteiger partial charge in [-0.15, -0.1) is 0 Å². The Morgan fingerprint density at radius 3 is 1.44 bits per heavy atom. The van der Waals surface area contributed by atoms with Gasteiger partial charge in [0.1, 0.15) is 0 Å². The summed E-state index contributed by atoms with van der Waals surface area (Å²) in [6.07, 6.45) is 18.8. The fourth-order valence-corrected chi connectivity index (χ4v) is 15.4. The number of benzene rings is 6. The van der Waals surface area contributed by atoms with Crippen molar-refractivity contribution < 1.29 is 0 Å². The Hall–Kier alpha value is -4.82. The average Bonchev–Trinajstić information content (AvgIpc) is 3.80. The lowest BCUT2D eigenvalue weighted by Gasteiger charge is -2.57. The monoisotopic (exact) mass is 813 g/mol. The molecule has 0 spiro atoms. The van der Waals surface area contributed by atoms with Gasteiger partial charge >= 0.3 is 0 Å². The van der Waals surface area contributed by atoms with E-state index in [9.17, 15) is 0 Å². The quantitative estimate of drug-likeness (QED) is 0.164. The molecule has 2 nitrogen and oxygen atoms in total. The maximum atomic E-state index is 2.79. The van der Waals surface area contributed by atoms with Crippen LogP contribution in [0.1, 0.15) is 157 Å². The molecular formula is C60H64N2. The highest BCUT2D eigenvalue weighted by Crippen LogP contribution is 2.61. The summed E-state index contributed by atoms with van der Waals surface area (Å²) < 4.78 is 5.51. The van der Waals surface area contributed by atoms with E-state index in [0.29, 0.717) is 29.3 Å². The largest absolute Gasteiger partial charge is 0.337 e. The minimum Gasteiger partial charge on any atom is -0.337 e. The fraction of sp³-hybridized carbons (Fsp3) is 0.433. The topological polar surface area (TPSA) is 9.86 Å². The molecule has 0 amide bonds. The van der Waals surface area contributed by atoms with Gasteiger partial charge in [-0.2, -0.15) is 0 Å². The molecule has 0 saturated heterocycles. The Morgan fingerprint density at radius 2 is 0.919 bits per heavy atom. The van der Waals surface area contributed by atoms with Crippen LogP contribution >= 0.6 is 0 Å². The van der Waals surface area contributed by atoms with Gasteiger partial charge in [-0.3, -0.25) is 0 Å². The highest BCUT2D eigenvalue weighted by atomic mass is 15.0. The van der Waals surface area contributed by atoms with Crippen molar-refractivity contribution in [3.63, 3.8) is 0 Å². The molecule has 6 aromatic carbocycles. The molecule has 0 N–H and O–H groups in total. The van der Waals surface area contributed by atoms with Gasteiger partial charge in [0, 0.05) is 55.7 Å². The van der Waals surface area contributed by atoms with Gasteiger partial charge in [0.2, 0.25) is 0 Å². The van der Waals surface area contributed by atoms with Gasteiger partial charge in [-0.05, 0) is 200 Å². The maximum absolute atomic E-state index is 2.79. The Balaban J connectivity index is 0.776. The number of rotatable bonds is 5. The number of para-hydroxylation sites is 2. The van der Waals surface area contributed by atoms with E-state index in [1.54, 1.807) is 22.1 Å². The van der Waals surface area contributed by atoms with E-state index in [2.05, 4.69) is 151 Å². The molecule has 2 aromatic heterocycles. The molecule has 0 aliphatic heterocycles. The maximum Gasteiger partial charge on any atom is 0.0494 e. The SMILES string of the molecule is CC(C)(C)c1ccc2c(c1)c1ccccc1n2C1CCC(c2cccc3cccc(C4CCC(n5c6ccccc6c6cc(C78CC9CC(CC(C9)C7)C8)ccc65)CC4)c23)CC1. The van der Waals surface area contributed by atoms with E-state index in [-0.39, 0.29) is 5.41 Å². The lowest BCUT2D eigenvalue weighted by Crippen LogP contribution is -2.48. The summed E-state index contributed by atoms with van der Waals surface area (Å²) in [5, 5.41) is 8.84. The third kappa shape index (κ3) is 5.87. The molecule has 2 heterocycles. The molecule has 14 rings (SSSR count). The molecule has 6 aliphatic carbocycles. The zero-order valence-corrected chi connectivity index (χ0v) is 37.4. The molecule has 6 fully saturated rings. The van der Waals surface area contributed by atoms with Crippen molar-refractivity contribution >= 4 is 54.4 Å². The van der Waals surface area contributed by atoms with Gasteiger partial charge in [0.25, 0.3) is 0 Å². The molecular weight excluding hydrogens is 749 g/mol. The summed E-state index contributed by atoms with van der Waals surface area (Å²) in [5.74, 6) is 4.14. The molecule has 314 valence electrons. The lowest BCUT2D eigenvalue weighted by molar-refractivity contribution is -0.00512. The standard InChI is InChI=1S/C60H64N2/c1-59(2,3)44-22-28-56-52(33-44)50-12-4-6-16-54(50)61(56)46-24-18-41(19-25-46)48-14-8-10-43-11-9-15-49(58(43)48)42-20-26-47(27-21-42)62-55-17-7-5-13-51(55)53-34-45(23-29-57(53)62)60-35-38-30-39(36-60)32-40(31-38)37-60/h4-17,22-23,28-29,33-34,38-42,46-47H,18-21,24-27,30-32,35-37H2,1-3H3. The first-order chi connectivity index (χ1) is 30.3. The molecule has 0 atom stereocenters. The van der Waals surface area contributed by atoms with Crippen LogP contribution < -0.4 is 0 Å². The Morgan fingerprint density at radius 1 is 0.452 bits per heavy atom. The molecule has 6 saturated carbocycles. The van der Waals surface area contributed by atoms with E-state index in [4.69, 9.17) is 0 Å². The zero-order valence-electron chi connectivity index (χ0n) is 37.4. The number of hydrogen-bond acceptors (Lipinski definition) is 0. The summed E-state index contributed by atoms with van der Waals surface area (Å²) in [7, 11) is 0. The number of aromatic nitrogens is 2. The van der Waals surface area contributed by atoms with Crippen LogP contribution in [0.3, 0.4) is 0 Å². The van der Waals surface area contributed by atoms with Crippen molar-refractivity contribution in [3.05, 3.63) is 144 Å². The van der Waals surface area contributed by atoms with Gasteiger partial charge < -0.3 is 9.13 Å². The van der Waals surface area contributed by atoms with Gasteiger partial charge in [0.15, 0.2) is 0 Å². The molecule has 2 heteroatoms. The van der Waals surface area contributed by atoms with Crippen molar-refractivity contribution in [3.8, 4) is 0 Å². The Kier molecular flexibility index (Phi) is 8.57. The zero-order chi connectivity index (χ0) is 41.3. The Bertz CT molecular complexity index is 2980. The minimum atomic E-state index is 0.135. The van der Waals surface area contributed by atoms with Crippen LogP contribution in [-0.2, 0) is 10.8 Å². The first-order valence-corrected chi connectivity index (χ1v) is 24.9. The summed E-state index contributed by atoms with van der Waals surface area (Å²) in [6.45, 7) is 7.00. The normalized spacial score (nSPS) is 28.9. The van der Waals surface area contributed by atoms with Crippen molar-refractivity contribution in [2.45, 2.75) is 145 Å². The van der Waals surface area contributed by atoms with E-state index in [0.717, 1.165) is 17.8 Å². The first-order valence-electron chi connectivity index (χ1n) is 24.9. The van der Waals surface area contributed by atoms with Crippen LogP contribution in [0.15, 0.2) is 121 Å². The van der Waals surface area contributed by atoms with E-state index in [1.165, 1.54) is 144 Å². The van der Waals surface area contributed by atoms with E-state index >= 15 is 0 Å². The van der Waals surface area contributed by atoms with Crippen LogP contribution in [0.25, 0.3) is 54.4 Å². The summed E-state index contributed by atoms with van der Waals surface area (Å²) in [5.41, 5.74) is 12.6. The molecule has 4 bridgehead atoms. The van der Waals surface area contributed by atoms with Gasteiger partial charge in [0.05, 0.1) is 0 Å². The third-order valence-electron chi connectivity index (χ3n) is 17.9. The molecule has 62 heavy (non-hydrogen) atoms. The number of nitrogens with zero attached hydrogens (tertiary/aromatic N) is 2. The fourth-order valence-electron chi connectivity index (χ4n) is 15.4. The molecule has 8 aromatic rings. The average molecular weight is 813 g/mol. The Labute approximate surface area is 368 Å². The smallest absolute Gasteiger partial charge is 0.0494 e. The lowest BCUT2D eigenvalue weighted by atomic mass is 9.48. The summed E-state index contributed by atoms with van der Waals surface area (Å²) in [6, 6.07) is 49.3. The van der Waals surface area contributed by atoms with Gasteiger partial charge in [-0.25, -0.2) is 0 Å². The van der Waals surface area contributed by atoms with Crippen molar-refractivity contribution in [1.82, 2.24) is 9.13 Å². The highest BCUT2D eigenvalue weighted by molar-refractivity contribution is 6.09. The van der Waals surface area contributed by atoms with Crippen LogP contribution in [0.5, 0.6) is 0 Å². The third-order valence-corrected chi connectivity index (χ3v) is 17.9. The predicted octanol–water partition coefficient (Wildman–Crippen LogP) is 16.6. The number of fused-ring (bicyclic) bond motifs is 7. The summed E-state index contributed by atoms with van der Waals surface area (Å²) in [4.78, 5) is 0. The predicted molar refractivity (Wildman–Crippen MR) is 262 cm³/mol. The van der Waals surface area contributed by atoms with E-state index in [1.807, 2.05) is 0 Å². The second kappa shape index (κ2) is 14.1. The van der Waals surface area contributed by atoms with Crippen molar-refractivity contribution in [2.75, 3.05) is 0 Å². The molecule has 6 aliphatic rings. The van der Waals surface area contributed by atoms with Crippen LogP contribution in [0, 0.1) is 17.8 Å². The minimum absolute atomic E-state index is 0.135. The van der Waals surface area contributed by atoms with Crippen molar-refractivity contribution in [1.29, 1.82) is 0 Å². The van der Waals surface area contributed by atoms with E-state index < -0.39 is 0 Å². The van der Waals surface area contributed by atoms with Crippen molar-refractivity contribution in [2.24, 2.45) is 17.8 Å². The second-order valence-electron chi connectivity index (χ2n) is 22.5. The van der Waals surface area contributed by atoms with Crippen LogP contribution in [-0.4, -0.2) is 9.13 Å². The molecule has 0 radical (unpaired) electrons.